The number of hydrogen-bond acceptors (Lipinski definition) is 6. The van der Waals surface area contributed by atoms with Gasteiger partial charge in [-0.3, -0.25) is 14.4 Å². The molecule has 2 fully saturated rings. The molecule has 0 bridgehead atoms. The Hall–Kier alpha value is -3.30. The second-order valence-electron chi connectivity index (χ2n) is 9.75. The molecule has 0 radical (unpaired) electrons. The lowest BCUT2D eigenvalue weighted by atomic mass is 9.95. The number of aliphatic hydroxyl groups is 1. The predicted octanol–water partition coefficient (Wildman–Crippen LogP) is 2.67. The van der Waals surface area contributed by atoms with Crippen LogP contribution in [0.5, 0.6) is 0 Å². The number of fused-ring (bicyclic) bond motifs is 1. The van der Waals surface area contributed by atoms with E-state index in [1.54, 1.807) is 30.9 Å². The van der Waals surface area contributed by atoms with Gasteiger partial charge in [-0.2, -0.15) is 0 Å². The Morgan fingerprint density at radius 1 is 1.14 bits per heavy atom. The number of nitrogens with one attached hydrogen (secondary N) is 2. The van der Waals surface area contributed by atoms with Crippen LogP contribution in [0.4, 0.5) is 0 Å². The number of β-amino-alcohol motifs (C(OH)–C–C–N with tert-alkyl or cyclic N) is 1. The normalized spacial score (nSPS) is 17.5. The van der Waals surface area contributed by atoms with Gasteiger partial charge in [0.2, 0.25) is 11.8 Å². The maximum Gasteiger partial charge on any atom is 0.254 e. The number of amides is 3. The summed E-state index contributed by atoms with van der Waals surface area (Å²) in [4.78, 5) is 43.2. The average molecular weight is 493 g/mol. The van der Waals surface area contributed by atoms with Crippen LogP contribution in [0.3, 0.4) is 0 Å². The maximum absolute atomic E-state index is 12.5. The summed E-state index contributed by atoms with van der Waals surface area (Å²) in [6, 6.07) is 13.6. The van der Waals surface area contributed by atoms with E-state index in [9.17, 15) is 19.5 Å². The Morgan fingerprint density at radius 2 is 1.83 bits per heavy atom. The summed E-state index contributed by atoms with van der Waals surface area (Å²) in [5.74, 6) is -0.925. The van der Waals surface area contributed by atoms with Gasteiger partial charge in [0.1, 0.15) is 5.01 Å². The minimum atomic E-state index is -0.790. The molecular formula is C26H28N4O4S. The number of hydrogen-bond donors (Lipinski definition) is 3. The van der Waals surface area contributed by atoms with Crippen LogP contribution in [0, 0.1) is 0 Å². The van der Waals surface area contributed by atoms with Gasteiger partial charge in [-0.1, -0.05) is 18.2 Å². The number of benzene rings is 2. The number of rotatable bonds is 7. The predicted molar refractivity (Wildman–Crippen MR) is 134 cm³/mol. The van der Waals surface area contributed by atoms with Crippen LogP contribution in [0.25, 0.3) is 21.3 Å². The molecule has 3 amide bonds. The molecule has 3 N–H and O–H groups in total. The molecule has 1 aliphatic carbocycles. The topological polar surface area (TPSA) is 112 Å². The molecule has 2 heterocycles. The van der Waals surface area contributed by atoms with Crippen molar-refractivity contribution in [3.63, 3.8) is 0 Å². The van der Waals surface area contributed by atoms with Gasteiger partial charge in [-0.15, -0.1) is 11.3 Å². The first-order valence-electron chi connectivity index (χ1n) is 11.8. The monoisotopic (exact) mass is 492 g/mol. The zero-order chi connectivity index (χ0) is 24.7. The van der Waals surface area contributed by atoms with Crippen LogP contribution in [0.15, 0.2) is 42.5 Å². The largest absolute Gasteiger partial charge is 0.386 e. The summed E-state index contributed by atoms with van der Waals surface area (Å²) in [6.07, 6.45) is 2.02. The van der Waals surface area contributed by atoms with E-state index in [1.165, 1.54) is 11.3 Å². The fourth-order valence-corrected chi connectivity index (χ4v) is 5.21. The van der Waals surface area contributed by atoms with E-state index in [0.717, 1.165) is 34.2 Å². The van der Waals surface area contributed by atoms with Gasteiger partial charge in [-0.25, -0.2) is 4.98 Å². The zero-order valence-corrected chi connectivity index (χ0v) is 20.5. The molecular weight excluding hydrogens is 464 g/mol. The first kappa shape index (κ1) is 23.4. The van der Waals surface area contributed by atoms with Crippen molar-refractivity contribution >= 4 is 39.3 Å². The summed E-state index contributed by atoms with van der Waals surface area (Å²) in [5, 5.41) is 16.1. The first-order chi connectivity index (χ1) is 16.7. The van der Waals surface area contributed by atoms with Crippen molar-refractivity contribution in [1.29, 1.82) is 0 Å². The van der Waals surface area contributed by atoms with Gasteiger partial charge in [0.15, 0.2) is 0 Å². The highest BCUT2D eigenvalue weighted by Gasteiger charge is 2.39. The third kappa shape index (κ3) is 5.21. The first-order valence-corrected chi connectivity index (χ1v) is 12.6. The molecule has 1 aromatic heterocycles. The highest BCUT2D eigenvalue weighted by atomic mass is 32.1. The van der Waals surface area contributed by atoms with Crippen LogP contribution in [-0.2, 0) is 9.59 Å². The molecule has 1 unspecified atom stereocenters. The molecule has 1 saturated heterocycles. The Bertz CT molecular complexity index is 1290. The lowest BCUT2D eigenvalue weighted by molar-refractivity contribution is -0.126. The van der Waals surface area contributed by atoms with Crippen LogP contribution < -0.4 is 10.6 Å². The van der Waals surface area contributed by atoms with E-state index in [1.807, 2.05) is 30.3 Å². The van der Waals surface area contributed by atoms with E-state index in [0.29, 0.717) is 23.7 Å². The molecule has 2 aliphatic rings. The fraction of sp³-hybridized carbons (Fsp3) is 0.385. The number of thiazole rings is 1. The van der Waals surface area contributed by atoms with E-state index in [-0.39, 0.29) is 30.3 Å². The number of carbonyl (C=O) groups excluding carboxylic acids is 3. The number of likely N-dealkylation sites (tertiary alicyclic amines) is 1. The Kier molecular flexibility index (Phi) is 6.06. The molecule has 8 nitrogen and oxygen atoms in total. The van der Waals surface area contributed by atoms with Crippen molar-refractivity contribution < 1.29 is 19.5 Å². The van der Waals surface area contributed by atoms with Gasteiger partial charge >= 0.3 is 0 Å². The van der Waals surface area contributed by atoms with Crippen LogP contribution in [-0.4, -0.2) is 64.0 Å². The van der Waals surface area contributed by atoms with Crippen molar-refractivity contribution in [3.05, 3.63) is 53.0 Å². The molecule has 5 rings (SSSR count). The van der Waals surface area contributed by atoms with E-state index in [4.69, 9.17) is 0 Å². The average Bonchev–Trinajstić information content (AvgIpc) is 3.54. The minimum Gasteiger partial charge on any atom is -0.386 e. The van der Waals surface area contributed by atoms with E-state index < -0.39 is 11.5 Å². The Morgan fingerprint density at radius 3 is 2.49 bits per heavy atom. The Labute approximate surface area is 207 Å². The van der Waals surface area contributed by atoms with Crippen molar-refractivity contribution in [2.24, 2.45) is 0 Å². The third-order valence-electron chi connectivity index (χ3n) is 6.35. The second-order valence-corrected chi connectivity index (χ2v) is 10.8. The molecule has 35 heavy (non-hydrogen) atoms. The van der Waals surface area contributed by atoms with Gasteiger partial charge in [-0.05, 0) is 62.1 Å². The molecule has 1 saturated carbocycles. The van der Waals surface area contributed by atoms with Crippen molar-refractivity contribution in [1.82, 2.24) is 20.5 Å². The third-order valence-corrected chi connectivity index (χ3v) is 7.55. The van der Waals surface area contributed by atoms with Crippen molar-refractivity contribution in [2.45, 2.75) is 44.2 Å². The number of aromatic nitrogens is 1. The van der Waals surface area contributed by atoms with Crippen molar-refractivity contribution in [2.75, 3.05) is 19.6 Å². The van der Waals surface area contributed by atoms with Crippen LogP contribution in [0.2, 0.25) is 0 Å². The molecule has 3 aromatic rings. The molecule has 1 atom stereocenters. The Balaban J connectivity index is 1.24. The summed E-state index contributed by atoms with van der Waals surface area (Å²) >= 11 is 1.46. The second kappa shape index (κ2) is 9.05. The van der Waals surface area contributed by atoms with E-state index in [2.05, 4.69) is 15.6 Å². The van der Waals surface area contributed by atoms with Gasteiger partial charge < -0.3 is 20.6 Å². The highest BCUT2D eigenvalue weighted by molar-refractivity contribution is 7.18. The summed E-state index contributed by atoms with van der Waals surface area (Å²) in [7, 11) is 0. The van der Waals surface area contributed by atoms with Crippen molar-refractivity contribution in [3.8, 4) is 11.1 Å². The lowest BCUT2D eigenvalue weighted by Gasteiger charge is -2.44. The maximum atomic E-state index is 12.5. The van der Waals surface area contributed by atoms with Gasteiger partial charge in [0, 0.05) is 11.6 Å². The lowest BCUT2D eigenvalue weighted by Crippen LogP contribution is -2.61. The quantitative estimate of drug-likeness (QED) is 0.470. The summed E-state index contributed by atoms with van der Waals surface area (Å²) < 4.78 is 0.964. The van der Waals surface area contributed by atoms with Crippen LogP contribution >= 0.6 is 11.3 Å². The fourth-order valence-electron chi connectivity index (χ4n) is 4.15. The highest BCUT2D eigenvalue weighted by Crippen LogP contribution is 2.32. The van der Waals surface area contributed by atoms with Gasteiger partial charge in [0.25, 0.3) is 5.91 Å². The molecule has 0 spiro atoms. The SMILES string of the molecule is CC(C(=O)NCC(=O)NC1CC1)c1nc2ccc(-c3ccc(C(=O)N4CC(C)(O)C4)cc3)cc2s1. The number of nitrogens with zero attached hydrogens (tertiary/aromatic N) is 2. The van der Waals surface area contributed by atoms with E-state index >= 15 is 0 Å². The standard InChI is InChI=1S/C26H28N4O4S/c1-15(23(32)27-12-22(31)28-19-8-9-19)24-29-20-10-7-18(11-21(20)35-24)16-3-5-17(6-4-16)25(33)30-13-26(2,34)14-30/h3-7,10-11,15,19,34H,8-9,12-14H2,1-2H3,(H,27,32)(H,28,31). The molecule has 1 aliphatic heterocycles. The summed E-state index contributed by atoms with van der Waals surface area (Å²) in [5.41, 5.74) is 2.59. The molecule has 9 heteroatoms. The van der Waals surface area contributed by atoms with Crippen LogP contribution in [0.1, 0.15) is 48.0 Å². The minimum absolute atomic E-state index is 0.0235. The molecule has 2 aromatic carbocycles. The van der Waals surface area contributed by atoms with Gasteiger partial charge in [0.05, 0.1) is 41.4 Å². The number of carbonyl (C=O) groups is 3. The summed E-state index contributed by atoms with van der Waals surface area (Å²) in [6.45, 7) is 4.19. The zero-order valence-electron chi connectivity index (χ0n) is 19.7. The molecule has 182 valence electrons. The smallest absolute Gasteiger partial charge is 0.254 e.